The zero-order valence-electron chi connectivity index (χ0n) is 11.8. The Balaban J connectivity index is 1.84. The summed E-state index contributed by atoms with van der Waals surface area (Å²) in [6.45, 7) is 1.04. The van der Waals surface area contributed by atoms with Gasteiger partial charge in [0.2, 0.25) is 5.91 Å². The Morgan fingerprint density at radius 1 is 1.50 bits per heavy atom. The number of phenolic OH excluding ortho intramolecular Hbond substituents is 1. The molecular weight excluding hydrogens is 256 g/mol. The summed E-state index contributed by atoms with van der Waals surface area (Å²) in [7, 11) is 1.55. The van der Waals surface area contributed by atoms with Gasteiger partial charge in [0.05, 0.1) is 12.8 Å². The molecule has 1 amide bonds. The van der Waals surface area contributed by atoms with E-state index >= 15 is 0 Å². The van der Waals surface area contributed by atoms with E-state index in [0.29, 0.717) is 23.9 Å². The van der Waals surface area contributed by atoms with Gasteiger partial charge in [-0.05, 0) is 37.9 Å². The molecule has 0 bridgehead atoms. The van der Waals surface area contributed by atoms with Gasteiger partial charge in [-0.2, -0.15) is 0 Å². The van der Waals surface area contributed by atoms with E-state index in [0.717, 1.165) is 19.4 Å². The van der Waals surface area contributed by atoms with Gasteiger partial charge < -0.3 is 20.5 Å². The quantitative estimate of drug-likeness (QED) is 0.723. The van der Waals surface area contributed by atoms with Crippen LogP contribution in [0.25, 0.3) is 0 Å². The molecule has 1 fully saturated rings. The van der Waals surface area contributed by atoms with Crippen molar-refractivity contribution in [2.24, 2.45) is 0 Å². The molecule has 5 nitrogen and oxygen atoms in total. The second-order valence-corrected chi connectivity index (χ2v) is 5.12. The fourth-order valence-corrected chi connectivity index (χ4v) is 2.43. The Bertz CT molecular complexity index is 456. The molecule has 1 aliphatic heterocycles. The highest BCUT2D eigenvalue weighted by molar-refractivity contribution is 5.92. The molecule has 1 atom stereocenters. The first kappa shape index (κ1) is 14.7. The minimum Gasteiger partial charge on any atom is -0.506 e. The summed E-state index contributed by atoms with van der Waals surface area (Å²) in [6.07, 6.45) is 4.87. The number of ether oxygens (including phenoxy) is 1. The van der Waals surface area contributed by atoms with Crippen molar-refractivity contribution in [1.82, 2.24) is 5.32 Å². The third-order valence-corrected chi connectivity index (χ3v) is 3.61. The lowest BCUT2D eigenvalue weighted by Crippen LogP contribution is -2.34. The van der Waals surface area contributed by atoms with Crippen molar-refractivity contribution in [3.8, 4) is 11.5 Å². The van der Waals surface area contributed by atoms with E-state index in [4.69, 9.17) is 4.74 Å². The number of nitrogens with one attached hydrogen (secondary N) is 2. The monoisotopic (exact) mass is 278 g/mol. The number of methoxy groups -OCH3 is 1. The molecule has 3 N–H and O–H groups in total. The van der Waals surface area contributed by atoms with Crippen molar-refractivity contribution in [3.63, 3.8) is 0 Å². The number of aromatic hydroxyl groups is 1. The second kappa shape index (κ2) is 7.14. The van der Waals surface area contributed by atoms with Crippen LogP contribution in [0.5, 0.6) is 11.5 Å². The first-order valence-corrected chi connectivity index (χ1v) is 7.09. The number of benzene rings is 1. The Labute approximate surface area is 119 Å². The van der Waals surface area contributed by atoms with Gasteiger partial charge in [-0.3, -0.25) is 4.79 Å². The van der Waals surface area contributed by atoms with Gasteiger partial charge in [0, 0.05) is 18.5 Å². The Kier molecular flexibility index (Phi) is 5.24. The smallest absolute Gasteiger partial charge is 0.224 e. The fourth-order valence-electron chi connectivity index (χ4n) is 2.43. The van der Waals surface area contributed by atoms with Crippen LogP contribution < -0.4 is 15.4 Å². The van der Waals surface area contributed by atoms with Crippen LogP contribution in [0.15, 0.2) is 18.2 Å². The predicted molar refractivity (Wildman–Crippen MR) is 78.2 cm³/mol. The van der Waals surface area contributed by atoms with Gasteiger partial charge in [0.1, 0.15) is 11.5 Å². The van der Waals surface area contributed by atoms with Crippen LogP contribution in [0.3, 0.4) is 0 Å². The fraction of sp³-hybridized carbons (Fsp3) is 0.533. The zero-order valence-corrected chi connectivity index (χ0v) is 11.8. The lowest BCUT2D eigenvalue weighted by molar-refractivity contribution is -0.116. The van der Waals surface area contributed by atoms with Gasteiger partial charge in [-0.25, -0.2) is 0 Å². The molecule has 0 radical (unpaired) electrons. The van der Waals surface area contributed by atoms with Crippen molar-refractivity contribution >= 4 is 11.6 Å². The number of carbonyl (C=O) groups excluding carboxylic acids is 1. The molecule has 1 saturated heterocycles. The van der Waals surface area contributed by atoms with E-state index in [9.17, 15) is 9.90 Å². The molecule has 5 heteroatoms. The van der Waals surface area contributed by atoms with Gasteiger partial charge in [-0.1, -0.05) is 6.42 Å². The van der Waals surface area contributed by atoms with Crippen molar-refractivity contribution < 1.29 is 14.6 Å². The SMILES string of the molecule is COc1ccc(O)c(NC(=O)CCC2CCCCN2)c1. The molecule has 1 aromatic rings. The Morgan fingerprint density at radius 2 is 2.35 bits per heavy atom. The van der Waals surface area contributed by atoms with E-state index < -0.39 is 0 Å². The average molecular weight is 278 g/mol. The number of rotatable bonds is 5. The van der Waals surface area contributed by atoms with Gasteiger partial charge in [0.15, 0.2) is 0 Å². The van der Waals surface area contributed by atoms with Crippen LogP contribution >= 0.6 is 0 Å². The predicted octanol–water partition coefficient (Wildman–Crippen LogP) is 2.26. The van der Waals surface area contributed by atoms with Crippen LogP contribution in [0.4, 0.5) is 5.69 Å². The molecule has 110 valence electrons. The summed E-state index contributed by atoms with van der Waals surface area (Å²) < 4.78 is 5.07. The van der Waals surface area contributed by atoms with Crippen molar-refractivity contribution in [2.75, 3.05) is 19.0 Å². The van der Waals surface area contributed by atoms with Crippen molar-refractivity contribution in [1.29, 1.82) is 0 Å². The van der Waals surface area contributed by atoms with Crippen LogP contribution in [0.1, 0.15) is 32.1 Å². The standard InChI is InChI=1S/C15H22N2O3/c1-20-12-6-7-14(18)13(10-12)17-15(19)8-5-11-4-2-3-9-16-11/h6-7,10-11,16,18H,2-5,8-9H2,1H3,(H,17,19). The van der Waals surface area contributed by atoms with Gasteiger partial charge in [-0.15, -0.1) is 0 Å². The highest BCUT2D eigenvalue weighted by Gasteiger charge is 2.14. The van der Waals surface area contributed by atoms with Crippen molar-refractivity contribution in [3.05, 3.63) is 18.2 Å². The lowest BCUT2D eigenvalue weighted by atomic mass is 10.0. The maximum atomic E-state index is 11.9. The molecule has 1 aliphatic rings. The summed E-state index contributed by atoms with van der Waals surface area (Å²) in [5.41, 5.74) is 0.394. The number of piperidine rings is 1. The van der Waals surface area contributed by atoms with Crippen LogP contribution in [-0.4, -0.2) is 30.7 Å². The lowest BCUT2D eigenvalue weighted by Gasteiger charge is -2.23. The van der Waals surface area contributed by atoms with Crippen LogP contribution in [0, 0.1) is 0 Å². The third kappa shape index (κ3) is 4.13. The minimum atomic E-state index is -0.0825. The summed E-state index contributed by atoms with van der Waals surface area (Å²) in [5.74, 6) is 0.572. The molecule has 2 rings (SSSR count). The van der Waals surface area contributed by atoms with E-state index in [2.05, 4.69) is 10.6 Å². The number of hydrogen-bond donors (Lipinski definition) is 3. The maximum Gasteiger partial charge on any atom is 0.224 e. The molecule has 1 unspecified atom stereocenters. The molecule has 1 heterocycles. The second-order valence-electron chi connectivity index (χ2n) is 5.12. The van der Waals surface area contributed by atoms with Gasteiger partial charge in [0.25, 0.3) is 0 Å². The Hall–Kier alpha value is -1.75. The van der Waals surface area contributed by atoms with E-state index in [-0.39, 0.29) is 11.7 Å². The summed E-state index contributed by atoms with van der Waals surface area (Å²) >= 11 is 0. The number of carbonyl (C=O) groups is 1. The largest absolute Gasteiger partial charge is 0.506 e. The maximum absolute atomic E-state index is 11.9. The molecule has 0 saturated carbocycles. The first-order chi connectivity index (χ1) is 9.69. The van der Waals surface area contributed by atoms with Crippen LogP contribution in [-0.2, 0) is 4.79 Å². The first-order valence-electron chi connectivity index (χ1n) is 7.09. The number of phenols is 1. The Morgan fingerprint density at radius 3 is 3.05 bits per heavy atom. The van der Waals surface area contributed by atoms with E-state index in [1.54, 1.807) is 19.2 Å². The molecule has 0 aliphatic carbocycles. The minimum absolute atomic E-state index is 0.0509. The molecule has 0 spiro atoms. The summed E-state index contributed by atoms with van der Waals surface area (Å²) in [4.78, 5) is 11.9. The summed E-state index contributed by atoms with van der Waals surface area (Å²) in [6, 6.07) is 5.22. The zero-order chi connectivity index (χ0) is 14.4. The highest BCUT2D eigenvalue weighted by atomic mass is 16.5. The number of amides is 1. The normalized spacial score (nSPS) is 18.6. The number of anilines is 1. The van der Waals surface area contributed by atoms with Gasteiger partial charge >= 0.3 is 0 Å². The van der Waals surface area contributed by atoms with E-state index in [1.807, 2.05) is 0 Å². The summed E-state index contributed by atoms with van der Waals surface area (Å²) in [5, 5.41) is 15.9. The van der Waals surface area contributed by atoms with E-state index in [1.165, 1.54) is 18.9 Å². The van der Waals surface area contributed by atoms with Crippen LogP contribution in [0.2, 0.25) is 0 Å². The molecular formula is C15H22N2O3. The van der Waals surface area contributed by atoms with Crippen molar-refractivity contribution in [2.45, 2.75) is 38.1 Å². The topological polar surface area (TPSA) is 70.6 Å². The average Bonchev–Trinajstić information content (AvgIpc) is 2.48. The highest BCUT2D eigenvalue weighted by Crippen LogP contribution is 2.28. The number of hydrogen-bond acceptors (Lipinski definition) is 4. The molecule has 0 aromatic heterocycles. The third-order valence-electron chi connectivity index (χ3n) is 3.61. The molecule has 1 aromatic carbocycles. The molecule has 20 heavy (non-hydrogen) atoms.